The molecule has 1 fully saturated rings. The molecular formula is C13H20N2O3S. The number of aliphatic hydroxyl groups is 1. The first-order valence-electron chi connectivity index (χ1n) is 6.94. The predicted octanol–water partition coefficient (Wildman–Crippen LogP) is 0.730. The van der Waals surface area contributed by atoms with Crippen molar-refractivity contribution in [2.75, 3.05) is 18.1 Å². The van der Waals surface area contributed by atoms with Crippen LogP contribution in [0.15, 0.2) is 6.20 Å². The number of aliphatic hydroxyl groups excluding tert-OH is 1. The largest absolute Gasteiger partial charge is 0.396 e. The fourth-order valence-electron chi connectivity index (χ4n) is 3.07. The smallest absolute Gasteiger partial charge is 0.150 e. The molecule has 2 aliphatic heterocycles. The molecule has 6 heteroatoms. The Kier molecular flexibility index (Phi) is 3.39. The predicted molar refractivity (Wildman–Crippen MR) is 71.8 cm³/mol. The monoisotopic (exact) mass is 284 g/mol. The number of hydrogen-bond donors (Lipinski definition) is 1. The third-order valence-electron chi connectivity index (χ3n) is 4.34. The summed E-state index contributed by atoms with van der Waals surface area (Å²) in [6, 6.07) is 0. The number of fused-ring (bicyclic) bond motifs is 1. The van der Waals surface area contributed by atoms with E-state index in [1.807, 2.05) is 0 Å². The minimum atomic E-state index is -2.81. The molecule has 1 saturated heterocycles. The van der Waals surface area contributed by atoms with Crippen molar-refractivity contribution in [3.05, 3.63) is 17.7 Å². The summed E-state index contributed by atoms with van der Waals surface area (Å²) in [6.07, 6.45) is 5.37. The van der Waals surface area contributed by atoms with Crippen molar-refractivity contribution in [2.24, 2.45) is 5.92 Å². The second-order valence-electron chi connectivity index (χ2n) is 5.75. The molecule has 0 amide bonds. The van der Waals surface area contributed by atoms with E-state index in [2.05, 4.69) is 15.7 Å². The highest BCUT2D eigenvalue weighted by Gasteiger charge is 2.28. The zero-order chi connectivity index (χ0) is 13.5. The van der Waals surface area contributed by atoms with Crippen LogP contribution in [0.5, 0.6) is 0 Å². The number of aromatic nitrogens is 2. The number of sulfone groups is 1. The van der Waals surface area contributed by atoms with Gasteiger partial charge in [0.2, 0.25) is 0 Å². The SMILES string of the molecule is O=S1(=O)CCC(c2cn3c(n2)CCC(CO)C3)CC1. The van der Waals surface area contributed by atoms with Crippen LogP contribution in [-0.4, -0.2) is 41.2 Å². The van der Waals surface area contributed by atoms with Crippen molar-refractivity contribution in [1.29, 1.82) is 0 Å². The van der Waals surface area contributed by atoms with Gasteiger partial charge in [0.25, 0.3) is 0 Å². The molecule has 0 spiro atoms. The number of hydrogen-bond acceptors (Lipinski definition) is 4. The Morgan fingerprint density at radius 3 is 2.74 bits per heavy atom. The topological polar surface area (TPSA) is 72.2 Å². The van der Waals surface area contributed by atoms with Gasteiger partial charge in [-0.15, -0.1) is 0 Å². The standard InChI is InChI=1S/C13H20N2O3S/c16-9-10-1-2-13-14-12(8-15(13)7-10)11-3-5-19(17,18)6-4-11/h8,10-11,16H,1-7,9H2. The van der Waals surface area contributed by atoms with Crippen LogP contribution in [0.25, 0.3) is 0 Å². The third-order valence-corrected chi connectivity index (χ3v) is 6.06. The first-order chi connectivity index (χ1) is 9.07. The maximum absolute atomic E-state index is 11.5. The maximum atomic E-state index is 11.5. The van der Waals surface area contributed by atoms with Gasteiger partial charge in [-0.2, -0.15) is 0 Å². The lowest BCUT2D eigenvalue weighted by Crippen LogP contribution is -2.22. The first-order valence-corrected chi connectivity index (χ1v) is 8.77. The molecule has 3 heterocycles. The molecule has 19 heavy (non-hydrogen) atoms. The van der Waals surface area contributed by atoms with E-state index in [1.165, 1.54) is 0 Å². The zero-order valence-electron chi connectivity index (χ0n) is 11.0. The van der Waals surface area contributed by atoms with Gasteiger partial charge in [-0.1, -0.05) is 0 Å². The Morgan fingerprint density at radius 1 is 1.32 bits per heavy atom. The van der Waals surface area contributed by atoms with Crippen LogP contribution in [0.1, 0.15) is 36.7 Å². The quantitative estimate of drug-likeness (QED) is 0.869. The molecule has 5 nitrogen and oxygen atoms in total. The summed E-state index contributed by atoms with van der Waals surface area (Å²) in [5.41, 5.74) is 1.04. The van der Waals surface area contributed by atoms with E-state index >= 15 is 0 Å². The van der Waals surface area contributed by atoms with Crippen molar-refractivity contribution < 1.29 is 13.5 Å². The highest BCUT2D eigenvalue weighted by atomic mass is 32.2. The summed E-state index contributed by atoms with van der Waals surface area (Å²) >= 11 is 0. The number of rotatable bonds is 2. The fraction of sp³-hybridized carbons (Fsp3) is 0.769. The summed E-state index contributed by atoms with van der Waals surface area (Å²) in [7, 11) is -2.81. The minimum Gasteiger partial charge on any atom is -0.396 e. The highest BCUT2D eigenvalue weighted by molar-refractivity contribution is 7.91. The van der Waals surface area contributed by atoms with Gasteiger partial charge >= 0.3 is 0 Å². The van der Waals surface area contributed by atoms with E-state index in [-0.39, 0.29) is 12.5 Å². The van der Waals surface area contributed by atoms with E-state index in [1.54, 1.807) is 0 Å². The van der Waals surface area contributed by atoms with Crippen LogP contribution in [0.4, 0.5) is 0 Å². The van der Waals surface area contributed by atoms with Gasteiger partial charge in [-0.3, -0.25) is 0 Å². The highest BCUT2D eigenvalue weighted by Crippen LogP contribution is 2.30. The van der Waals surface area contributed by atoms with Gasteiger partial charge in [-0.25, -0.2) is 13.4 Å². The summed E-state index contributed by atoms with van der Waals surface area (Å²) in [4.78, 5) is 4.68. The average molecular weight is 284 g/mol. The molecule has 1 atom stereocenters. The van der Waals surface area contributed by atoms with Gasteiger partial charge in [-0.05, 0) is 19.3 Å². The second kappa shape index (κ2) is 4.90. The van der Waals surface area contributed by atoms with E-state index in [0.29, 0.717) is 30.3 Å². The van der Waals surface area contributed by atoms with Gasteiger partial charge in [0.1, 0.15) is 15.7 Å². The molecule has 0 saturated carbocycles. The van der Waals surface area contributed by atoms with Crippen molar-refractivity contribution in [3.63, 3.8) is 0 Å². The van der Waals surface area contributed by atoms with Gasteiger partial charge in [0.15, 0.2) is 0 Å². The van der Waals surface area contributed by atoms with Gasteiger partial charge in [0, 0.05) is 37.6 Å². The van der Waals surface area contributed by atoms with Crippen LogP contribution in [0, 0.1) is 5.92 Å². The van der Waals surface area contributed by atoms with E-state index in [4.69, 9.17) is 0 Å². The van der Waals surface area contributed by atoms with E-state index < -0.39 is 9.84 Å². The molecular weight excluding hydrogens is 264 g/mol. The third kappa shape index (κ3) is 2.69. The van der Waals surface area contributed by atoms with Crippen LogP contribution >= 0.6 is 0 Å². The summed E-state index contributed by atoms with van der Waals surface area (Å²) in [5.74, 6) is 2.29. The lowest BCUT2D eigenvalue weighted by atomic mass is 10.00. The molecule has 1 aromatic rings. The number of imidazole rings is 1. The molecule has 0 aromatic carbocycles. The lowest BCUT2D eigenvalue weighted by Gasteiger charge is -2.21. The summed E-state index contributed by atoms with van der Waals surface area (Å²) < 4.78 is 25.0. The van der Waals surface area contributed by atoms with Crippen molar-refractivity contribution in [3.8, 4) is 0 Å². The summed E-state index contributed by atoms with van der Waals surface area (Å²) in [6.45, 7) is 1.07. The molecule has 0 bridgehead atoms. The molecule has 2 aliphatic rings. The Morgan fingerprint density at radius 2 is 2.05 bits per heavy atom. The Hall–Kier alpha value is -0.880. The average Bonchev–Trinajstić information content (AvgIpc) is 2.81. The van der Waals surface area contributed by atoms with Crippen LogP contribution in [0.2, 0.25) is 0 Å². The molecule has 106 valence electrons. The second-order valence-corrected chi connectivity index (χ2v) is 8.05. The van der Waals surface area contributed by atoms with Gasteiger partial charge < -0.3 is 9.67 Å². The summed E-state index contributed by atoms with van der Waals surface area (Å²) in [5, 5.41) is 9.23. The van der Waals surface area contributed by atoms with Crippen molar-refractivity contribution >= 4 is 9.84 Å². The van der Waals surface area contributed by atoms with Crippen molar-refractivity contribution in [1.82, 2.24) is 9.55 Å². The van der Waals surface area contributed by atoms with Crippen molar-refractivity contribution in [2.45, 2.75) is 38.1 Å². The molecule has 3 rings (SSSR count). The van der Waals surface area contributed by atoms with E-state index in [9.17, 15) is 13.5 Å². The number of nitrogens with zero attached hydrogens (tertiary/aromatic N) is 2. The van der Waals surface area contributed by atoms with Gasteiger partial charge in [0.05, 0.1) is 17.2 Å². The Balaban J connectivity index is 1.75. The van der Waals surface area contributed by atoms with Crippen LogP contribution in [0.3, 0.4) is 0 Å². The van der Waals surface area contributed by atoms with E-state index in [0.717, 1.165) is 30.9 Å². The maximum Gasteiger partial charge on any atom is 0.150 e. The molecule has 1 unspecified atom stereocenters. The lowest BCUT2D eigenvalue weighted by molar-refractivity contribution is 0.190. The molecule has 0 radical (unpaired) electrons. The Labute approximate surface area is 113 Å². The molecule has 1 N–H and O–H groups in total. The fourth-order valence-corrected chi connectivity index (χ4v) is 4.56. The zero-order valence-corrected chi connectivity index (χ0v) is 11.8. The number of aryl methyl sites for hydroxylation is 1. The first kappa shape index (κ1) is 13.1. The van der Waals surface area contributed by atoms with Crippen LogP contribution in [-0.2, 0) is 22.8 Å². The normalized spacial score (nSPS) is 27.1. The Bertz CT molecular complexity index is 550. The molecule has 0 aliphatic carbocycles. The van der Waals surface area contributed by atoms with Crippen LogP contribution < -0.4 is 0 Å². The minimum absolute atomic E-state index is 0.231. The molecule has 1 aromatic heterocycles.